The molecule has 2 unspecified atom stereocenters. The molecule has 3 fully saturated rings. The van der Waals surface area contributed by atoms with E-state index in [1.165, 1.54) is 34.4 Å². The maximum Gasteiger partial charge on any atom is 0.698 e. The first-order chi connectivity index (χ1) is 20.3. The number of hydrogen-bond donors (Lipinski definition) is 3. The van der Waals surface area contributed by atoms with Crippen molar-refractivity contribution in [3.63, 3.8) is 0 Å². The SMILES string of the molecule is Nc1ncnc2c1ncn2[C@@H]1O[C@@H]2CO[P+](=O)O[C@@H]3[C@H](F)[C@@H](CO[P+](=O)O[C@H]2[C@H]1O)O[C@H]3n1cnc2c(N)ncnc21. The minimum atomic E-state index is -2.98. The second-order valence-corrected chi connectivity index (χ2v) is 11.2. The van der Waals surface area contributed by atoms with E-state index in [0.29, 0.717) is 0 Å². The van der Waals surface area contributed by atoms with E-state index in [9.17, 15) is 14.2 Å². The molecule has 0 spiro atoms. The number of ether oxygens (including phenoxy) is 2. The minimum Gasteiger partial charge on any atom is -0.385 e. The number of nitrogens with two attached hydrogens (primary N) is 2. The topological polar surface area (TPSA) is 249 Å². The highest BCUT2D eigenvalue weighted by Crippen LogP contribution is 2.45. The van der Waals surface area contributed by atoms with E-state index in [0.717, 1.165) is 0 Å². The highest BCUT2D eigenvalue weighted by Gasteiger charge is 2.56. The molecule has 0 aromatic carbocycles. The van der Waals surface area contributed by atoms with Gasteiger partial charge in [-0.25, -0.2) is 34.3 Å². The van der Waals surface area contributed by atoms with Crippen molar-refractivity contribution in [3.8, 4) is 0 Å². The third-order valence-corrected chi connectivity index (χ3v) is 8.55. The lowest BCUT2D eigenvalue weighted by atomic mass is 10.1. The third kappa shape index (κ3) is 4.57. The molecule has 0 radical (unpaired) electrons. The monoisotopic (exact) mass is 626 g/mol. The lowest BCUT2D eigenvalue weighted by molar-refractivity contribution is -0.0564. The van der Waals surface area contributed by atoms with Gasteiger partial charge in [-0.15, -0.1) is 18.1 Å². The Labute approximate surface area is 235 Å². The van der Waals surface area contributed by atoms with Crippen LogP contribution in [0.2, 0.25) is 0 Å². The van der Waals surface area contributed by atoms with E-state index in [-0.39, 0.29) is 34.0 Å². The number of halogens is 1. The number of imidazole rings is 2. The fourth-order valence-corrected chi connectivity index (χ4v) is 6.56. The first-order valence-electron chi connectivity index (χ1n) is 12.3. The Morgan fingerprint density at radius 1 is 0.786 bits per heavy atom. The van der Waals surface area contributed by atoms with E-state index >= 15 is 4.39 Å². The Morgan fingerprint density at radius 2 is 1.31 bits per heavy atom. The van der Waals surface area contributed by atoms with Crippen molar-refractivity contribution < 1.29 is 46.2 Å². The zero-order chi connectivity index (χ0) is 29.1. The second-order valence-electron chi connectivity index (χ2n) is 9.41. The van der Waals surface area contributed by atoms with E-state index in [4.69, 9.17) is 39.0 Å². The summed E-state index contributed by atoms with van der Waals surface area (Å²) in [6, 6.07) is 0. The van der Waals surface area contributed by atoms with Gasteiger partial charge in [-0.2, -0.15) is 0 Å². The van der Waals surface area contributed by atoms with Crippen molar-refractivity contribution in [2.75, 3.05) is 24.7 Å². The summed E-state index contributed by atoms with van der Waals surface area (Å²) < 4.78 is 77.4. The average Bonchev–Trinajstić information content (AvgIpc) is 3.73. The number of aliphatic hydroxyl groups excluding tert-OH is 1. The van der Waals surface area contributed by atoms with Gasteiger partial charge < -0.3 is 26.0 Å². The molecule has 3 aliphatic rings. The van der Waals surface area contributed by atoms with Crippen molar-refractivity contribution in [1.82, 2.24) is 39.0 Å². The van der Waals surface area contributed by atoms with Gasteiger partial charge in [-0.3, -0.25) is 9.13 Å². The van der Waals surface area contributed by atoms with Crippen LogP contribution in [0.4, 0.5) is 16.0 Å². The minimum absolute atomic E-state index is 0.0859. The fraction of sp³-hybridized carbons (Fsp3) is 0.500. The third-order valence-electron chi connectivity index (χ3n) is 7.00. The Bertz CT molecular complexity index is 1690. The van der Waals surface area contributed by atoms with Crippen LogP contribution < -0.4 is 11.5 Å². The molecule has 42 heavy (non-hydrogen) atoms. The predicted octanol–water partition coefficient (Wildman–Crippen LogP) is 0.456. The van der Waals surface area contributed by atoms with Crippen LogP contribution in [-0.4, -0.2) is 94.0 Å². The Balaban J connectivity index is 1.15. The first kappa shape index (κ1) is 27.4. The standard InChI is InChI=1S/C20H21FN10O9P2/c21-9-7-1-35-41(33)39-13-8(38-19(12(13)32)30-5-28-10-15(22)24-3-26-17(10)30)2-36-42(34)40-14(9)20(37-7)31-6-29-11-16(23)25-4-27-18(11)31/h3-9,12-14,19-20,32H,1-2H2,(H2,22,24,26)(H2,23,25,27)/q+2/t7-,8-,9-,12-,13-,14-,19-,20-/m1/s1. The molecule has 4 aromatic heterocycles. The number of rotatable bonds is 2. The molecule has 5 N–H and O–H groups in total. The molecule has 4 aromatic rings. The van der Waals surface area contributed by atoms with Crippen LogP contribution in [0.25, 0.3) is 22.3 Å². The lowest BCUT2D eigenvalue weighted by Gasteiger charge is -2.16. The van der Waals surface area contributed by atoms with Gasteiger partial charge in [0.1, 0.15) is 55.2 Å². The maximum atomic E-state index is 15.6. The average molecular weight is 626 g/mol. The van der Waals surface area contributed by atoms with E-state index in [2.05, 4.69) is 29.9 Å². The number of fused-ring (bicyclic) bond motifs is 5. The summed E-state index contributed by atoms with van der Waals surface area (Å²) >= 11 is 0. The van der Waals surface area contributed by atoms with Crippen LogP contribution in [0, 0.1) is 0 Å². The molecule has 220 valence electrons. The number of hydrogen-bond acceptors (Lipinski definition) is 17. The molecule has 7 rings (SSSR count). The van der Waals surface area contributed by atoms with Gasteiger partial charge in [-0.05, 0) is 0 Å². The number of anilines is 2. The number of aromatic nitrogens is 8. The molecule has 3 aliphatic heterocycles. The van der Waals surface area contributed by atoms with E-state index < -0.39 is 78.9 Å². The van der Waals surface area contributed by atoms with Gasteiger partial charge in [0.15, 0.2) is 53.8 Å². The summed E-state index contributed by atoms with van der Waals surface area (Å²) in [5.74, 6) is 0.197. The molecule has 0 saturated carbocycles. The smallest absolute Gasteiger partial charge is 0.385 e. The second kappa shape index (κ2) is 10.7. The van der Waals surface area contributed by atoms with Crippen molar-refractivity contribution in [1.29, 1.82) is 0 Å². The summed E-state index contributed by atoms with van der Waals surface area (Å²) in [7, 11) is -5.92. The molecule has 3 saturated heterocycles. The Morgan fingerprint density at radius 3 is 1.93 bits per heavy atom. The van der Waals surface area contributed by atoms with E-state index in [1.54, 1.807) is 0 Å². The molecular formula is C20H21FN10O9P2+2. The van der Waals surface area contributed by atoms with Crippen LogP contribution in [0.1, 0.15) is 12.5 Å². The van der Waals surface area contributed by atoms with Gasteiger partial charge in [0.25, 0.3) is 0 Å². The molecule has 0 amide bonds. The molecule has 0 aliphatic carbocycles. The van der Waals surface area contributed by atoms with Gasteiger partial charge in [0.05, 0.1) is 12.7 Å². The van der Waals surface area contributed by atoms with Gasteiger partial charge in [0.2, 0.25) is 0 Å². The van der Waals surface area contributed by atoms with Crippen LogP contribution in [0.3, 0.4) is 0 Å². The predicted molar refractivity (Wildman–Crippen MR) is 135 cm³/mol. The molecule has 7 heterocycles. The Hall–Kier alpha value is -3.45. The van der Waals surface area contributed by atoms with Gasteiger partial charge in [-0.1, -0.05) is 0 Å². The van der Waals surface area contributed by atoms with Crippen LogP contribution in [0.15, 0.2) is 25.3 Å². The highest BCUT2D eigenvalue weighted by atomic mass is 31.1. The fourth-order valence-electron chi connectivity index (χ4n) is 5.02. The normalized spacial score (nSPS) is 34.2. The molecule has 22 heteroatoms. The van der Waals surface area contributed by atoms with Gasteiger partial charge >= 0.3 is 16.5 Å². The zero-order valence-electron chi connectivity index (χ0n) is 21.1. The highest BCUT2D eigenvalue weighted by molar-refractivity contribution is 7.33. The van der Waals surface area contributed by atoms with Crippen molar-refractivity contribution in [3.05, 3.63) is 25.3 Å². The van der Waals surface area contributed by atoms with Crippen molar-refractivity contribution in [2.24, 2.45) is 0 Å². The number of aliphatic hydroxyl groups is 1. The van der Waals surface area contributed by atoms with Crippen LogP contribution in [-0.2, 0) is 36.7 Å². The van der Waals surface area contributed by atoms with Crippen molar-refractivity contribution in [2.45, 2.75) is 49.1 Å². The largest absolute Gasteiger partial charge is 0.698 e. The Kier molecular flexibility index (Phi) is 6.96. The summed E-state index contributed by atoms with van der Waals surface area (Å²) in [5, 5.41) is 11.1. The van der Waals surface area contributed by atoms with Gasteiger partial charge in [0, 0.05) is 9.13 Å². The maximum absolute atomic E-state index is 15.6. The zero-order valence-corrected chi connectivity index (χ0v) is 22.8. The summed E-state index contributed by atoms with van der Waals surface area (Å²) in [6.45, 7) is -1.02. The number of alkyl halides is 1. The molecule has 10 atom stereocenters. The molecular weight excluding hydrogens is 605 g/mol. The quantitative estimate of drug-likeness (QED) is 0.256. The number of nitrogens with zero attached hydrogens (tertiary/aromatic N) is 8. The molecule has 2 bridgehead atoms. The lowest BCUT2D eigenvalue weighted by Crippen LogP contribution is -2.35. The summed E-state index contributed by atoms with van der Waals surface area (Å²) in [5.41, 5.74) is 12.7. The van der Waals surface area contributed by atoms with Crippen LogP contribution >= 0.6 is 16.5 Å². The van der Waals surface area contributed by atoms with Crippen LogP contribution in [0.5, 0.6) is 0 Å². The van der Waals surface area contributed by atoms with Crippen molar-refractivity contribution >= 4 is 50.5 Å². The van der Waals surface area contributed by atoms with E-state index in [1.807, 2.05) is 0 Å². The molecule has 19 nitrogen and oxygen atoms in total. The summed E-state index contributed by atoms with van der Waals surface area (Å²) in [4.78, 5) is 24.3. The number of nitrogen functional groups attached to an aromatic ring is 2. The summed E-state index contributed by atoms with van der Waals surface area (Å²) in [6.07, 6.45) is -5.96. The first-order valence-corrected chi connectivity index (χ1v) is 14.5.